The number of anilines is 3. The summed E-state index contributed by atoms with van der Waals surface area (Å²) in [6.45, 7) is 6.47. The lowest BCUT2D eigenvalue weighted by molar-refractivity contribution is -0.384. The van der Waals surface area contributed by atoms with Crippen molar-refractivity contribution in [2.45, 2.75) is 19.8 Å². The molecular formula is C31H33N5O5. The van der Waals surface area contributed by atoms with E-state index in [1.165, 1.54) is 12.1 Å². The number of nitrogens with zero attached hydrogens (tertiary/aromatic N) is 3. The van der Waals surface area contributed by atoms with Crippen molar-refractivity contribution in [3.63, 3.8) is 0 Å². The number of carbonyl (C=O) groups is 2. The fourth-order valence-corrected chi connectivity index (χ4v) is 5.08. The monoisotopic (exact) mass is 555 g/mol. The molecule has 3 aromatic rings. The molecule has 0 aromatic heterocycles. The second-order valence-electron chi connectivity index (χ2n) is 9.98. The average molecular weight is 556 g/mol. The number of carbonyl (C=O) groups excluding carboxylic acids is 2. The average Bonchev–Trinajstić information content (AvgIpc) is 3.32. The molecule has 1 saturated heterocycles. The highest BCUT2D eigenvalue weighted by Gasteiger charge is 2.30. The van der Waals surface area contributed by atoms with Gasteiger partial charge in [-0.25, -0.2) is 0 Å². The van der Waals surface area contributed by atoms with E-state index in [4.69, 9.17) is 4.74 Å². The molecule has 212 valence electrons. The molecule has 2 aliphatic rings. The minimum absolute atomic E-state index is 0.0781. The third-order valence-corrected chi connectivity index (χ3v) is 7.23. The summed E-state index contributed by atoms with van der Waals surface area (Å²) < 4.78 is 5.45. The standard InChI is InChI=1S/C31H33N5O5/c1-2-6-28(37)35(16-15-34-17-19-41-20-18-34)24-11-9-23(10-12-24)32-30(22-7-4-3-5-8-22)29-26-21-25(36(39)40)13-14-27(26)33-31(29)38/h3-5,7-14,21,32H,2,6,15-20H2,1H3,(H,33,38). The normalized spacial score (nSPS) is 16.1. The molecule has 10 nitrogen and oxygen atoms in total. The first kappa shape index (κ1) is 28.0. The van der Waals surface area contributed by atoms with E-state index in [1.807, 2.05) is 66.4 Å². The smallest absolute Gasteiger partial charge is 0.270 e. The maximum absolute atomic E-state index is 13.2. The number of non-ortho nitro benzene ring substituents is 1. The van der Waals surface area contributed by atoms with Crippen LogP contribution in [0.1, 0.15) is 30.9 Å². The number of nitrogens with one attached hydrogen (secondary N) is 2. The topological polar surface area (TPSA) is 117 Å². The van der Waals surface area contributed by atoms with E-state index < -0.39 is 4.92 Å². The van der Waals surface area contributed by atoms with Crippen LogP contribution in [0.4, 0.5) is 22.7 Å². The zero-order valence-corrected chi connectivity index (χ0v) is 23.0. The molecule has 41 heavy (non-hydrogen) atoms. The number of morpholine rings is 1. The summed E-state index contributed by atoms with van der Waals surface area (Å²) in [6, 6.07) is 21.3. The van der Waals surface area contributed by atoms with Crippen molar-refractivity contribution in [3.05, 3.63) is 94.0 Å². The molecule has 2 amide bonds. The fourth-order valence-electron chi connectivity index (χ4n) is 5.08. The number of fused-ring (bicyclic) bond motifs is 1. The van der Waals surface area contributed by atoms with Gasteiger partial charge in [-0.3, -0.25) is 24.6 Å². The Morgan fingerprint density at radius 2 is 1.80 bits per heavy atom. The molecule has 2 N–H and O–H groups in total. The van der Waals surface area contributed by atoms with Gasteiger partial charge < -0.3 is 20.3 Å². The van der Waals surface area contributed by atoms with Crippen LogP contribution in [0.25, 0.3) is 11.3 Å². The Balaban J connectivity index is 1.45. The van der Waals surface area contributed by atoms with Crippen LogP contribution < -0.4 is 15.5 Å². The third-order valence-electron chi connectivity index (χ3n) is 7.23. The van der Waals surface area contributed by atoms with Gasteiger partial charge in [0.2, 0.25) is 5.91 Å². The van der Waals surface area contributed by atoms with E-state index in [2.05, 4.69) is 15.5 Å². The van der Waals surface area contributed by atoms with Gasteiger partial charge in [0.15, 0.2) is 0 Å². The molecule has 1 fully saturated rings. The molecule has 10 heteroatoms. The number of nitro groups is 1. The Hall–Kier alpha value is -4.54. The first-order valence-corrected chi connectivity index (χ1v) is 13.8. The summed E-state index contributed by atoms with van der Waals surface area (Å²) in [5.74, 6) is -0.266. The van der Waals surface area contributed by atoms with Gasteiger partial charge in [-0.1, -0.05) is 37.3 Å². The van der Waals surface area contributed by atoms with Crippen LogP contribution in [0.15, 0.2) is 72.8 Å². The summed E-state index contributed by atoms with van der Waals surface area (Å²) in [4.78, 5) is 41.3. The van der Waals surface area contributed by atoms with Crippen LogP contribution in [0.2, 0.25) is 0 Å². The van der Waals surface area contributed by atoms with Gasteiger partial charge in [0.05, 0.1) is 29.4 Å². The number of hydrogen-bond acceptors (Lipinski definition) is 7. The predicted octanol–water partition coefficient (Wildman–Crippen LogP) is 4.99. The van der Waals surface area contributed by atoms with Crippen LogP contribution >= 0.6 is 0 Å². The maximum atomic E-state index is 13.2. The van der Waals surface area contributed by atoms with Gasteiger partial charge in [-0.05, 0) is 42.3 Å². The summed E-state index contributed by atoms with van der Waals surface area (Å²) in [5, 5.41) is 17.7. The number of nitro benzene ring substituents is 1. The molecule has 0 aliphatic carbocycles. The van der Waals surface area contributed by atoms with Crippen LogP contribution in [-0.4, -0.2) is 61.0 Å². The minimum Gasteiger partial charge on any atom is -0.379 e. The number of amides is 2. The zero-order valence-electron chi connectivity index (χ0n) is 23.0. The Kier molecular flexibility index (Phi) is 8.71. The lowest BCUT2D eigenvalue weighted by Crippen LogP contribution is -2.43. The van der Waals surface area contributed by atoms with Gasteiger partial charge in [0.25, 0.3) is 11.6 Å². The number of benzene rings is 3. The van der Waals surface area contributed by atoms with E-state index in [-0.39, 0.29) is 17.5 Å². The molecule has 2 aliphatic heterocycles. The number of rotatable bonds is 10. The number of ether oxygens (including phenoxy) is 1. The largest absolute Gasteiger partial charge is 0.379 e. The van der Waals surface area contributed by atoms with Crippen molar-refractivity contribution in [3.8, 4) is 0 Å². The Labute approximate surface area is 238 Å². The van der Waals surface area contributed by atoms with Crippen LogP contribution in [0.5, 0.6) is 0 Å². The Morgan fingerprint density at radius 1 is 1.07 bits per heavy atom. The Bertz CT molecular complexity index is 1450. The summed E-state index contributed by atoms with van der Waals surface area (Å²) in [7, 11) is 0. The van der Waals surface area contributed by atoms with E-state index in [9.17, 15) is 19.7 Å². The van der Waals surface area contributed by atoms with E-state index in [0.29, 0.717) is 54.4 Å². The predicted molar refractivity (Wildman–Crippen MR) is 160 cm³/mol. The molecule has 0 bridgehead atoms. The van der Waals surface area contributed by atoms with Gasteiger partial charge >= 0.3 is 0 Å². The van der Waals surface area contributed by atoms with E-state index >= 15 is 0 Å². The lowest BCUT2D eigenvalue weighted by atomic mass is 9.99. The van der Waals surface area contributed by atoms with Gasteiger partial charge in [-0.15, -0.1) is 0 Å². The van der Waals surface area contributed by atoms with Gasteiger partial charge in [0, 0.05) is 67.4 Å². The maximum Gasteiger partial charge on any atom is 0.270 e. The molecule has 0 radical (unpaired) electrons. The van der Waals surface area contributed by atoms with Gasteiger partial charge in [-0.2, -0.15) is 0 Å². The lowest BCUT2D eigenvalue weighted by Gasteiger charge is -2.30. The van der Waals surface area contributed by atoms with Crippen molar-refractivity contribution in [2.24, 2.45) is 0 Å². The quantitative estimate of drug-likeness (QED) is 0.206. The van der Waals surface area contributed by atoms with Gasteiger partial charge in [0.1, 0.15) is 0 Å². The van der Waals surface area contributed by atoms with Crippen molar-refractivity contribution in [2.75, 3.05) is 54.9 Å². The highest BCUT2D eigenvalue weighted by molar-refractivity contribution is 6.37. The molecule has 2 heterocycles. The highest BCUT2D eigenvalue weighted by atomic mass is 16.6. The van der Waals surface area contributed by atoms with Crippen molar-refractivity contribution in [1.29, 1.82) is 0 Å². The first-order chi connectivity index (χ1) is 19.9. The summed E-state index contributed by atoms with van der Waals surface area (Å²) in [5.41, 5.74) is 4.01. The first-order valence-electron chi connectivity index (χ1n) is 13.8. The van der Waals surface area contributed by atoms with Crippen molar-refractivity contribution < 1.29 is 19.2 Å². The SMILES string of the molecule is CCCC(=O)N(CCN1CCOCC1)c1ccc(NC(=C2C(=O)Nc3ccc([N+](=O)[O-])cc32)c2ccccc2)cc1. The highest BCUT2D eigenvalue weighted by Crippen LogP contribution is 2.39. The summed E-state index contributed by atoms with van der Waals surface area (Å²) in [6.07, 6.45) is 1.23. The van der Waals surface area contributed by atoms with Crippen LogP contribution in [0, 0.1) is 10.1 Å². The second-order valence-corrected chi connectivity index (χ2v) is 9.98. The number of hydrogen-bond donors (Lipinski definition) is 2. The third kappa shape index (κ3) is 6.45. The molecule has 5 rings (SSSR count). The second kappa shape index (κ2) is 12.8. The van der Waals surface area contributed by atoms with E-state index in [0.717, 1.165) is 37.3 Å². The molecule has 0 saturated carbocycles. The molecule has 0 spiro atoms. The minimum atomic E-state index is -0.473. The molecule has 0 atom stereocenters. The van der Waals surface area contributed by atoms with Crippen LogP contribution in [0.3, 0.4) is 0 Å². The fraction of sp³-hybridized carbons (Fsp3) is 0.290. The summed E-state index contributed by atoms with van der Waals surface area (Å²) >= 11 is 0. The van der Waals surface area contributed by atoms with E-state index in [1.54, 1.807) is 6.07 Å². The zero-order chi connectivity index (χ0) is 28.8. The van der Waals surface area contributed by atoms with Crippen molar-refractivity contribution >= 4 is 45.8 Å². The van der Waals surface area contributed by atoms with Crippen LogP contribution in [-0.2, 0) is 14.3 Å². The Morgan fingerprint density at radius 3 is 2.49 bits per heavy atom. The molecule has 0 unspecified atom stereocenters. The molecule has 3 aromatic carbocycles. The van der Waals surface area contributed by atoms with Crippen molar-refractivity contribution in [1.82, 2.24) is 4.90 Å². The molecular weight excluding hydrogens is 522 g/mol.